The second kappa shape index (κ2) is 4.97. The Morgan fingerprint density at radius 1 is 1.29 bits per heavy atom. The molecule has 2 heterocycles. The molecule has 0 aliphatic carbocycles. The predicted molar refractivity (Wildman–Crippen MR) is 64.7 cm³/mol. The molecule has 2 aromatic rings. The van der Waals surface area contributed by atoms with E-state index < -0.39 is 11.6 Å². The lowest BCUT2D eigenvalue weighted by Gasteiger charge is -2.04. The number of nitrogens with zero attached hydrogens (tertiary/aromatic N) is 2. The van der Waals surface area contributed by atoms with E-state index in [0.29, 0.717) is 4.34 Å². The Morgan fingerprint density at radius 2 is 2.06 bits per heavy atom. The van der Waals surface area contributed by atoms with E-state index in [-0.39, 0.29) is 10.8 Å². The SMILES string of the molecule is CNc1nc(Sc2nc(C)cs2)c(F)cc1F. The molecule has 0 amide bonds. The van der Waals surface area contributed by atoms with Crippen molar-refractivity contribution in [3.63, 3.8) is 0 Å². The molecule has 0 atom stereocenters. The van der Waals surface area contributed by atoms with Crippen molar-refractivity contribution in [3.05, 3.63) is 28.8 Å². The van der Waals surface area contributed by atoms with E-state index in [9.17, 15) is 8.78 Å². The lowest BCUT2D eigenvalue weighted by Crippen LogP contribution is -1.99. The Labute approximate surface area is 105 Å². The summed E-state index contributed by atoms with van der Waals surface area (Å²) in [4.78, 5) is 8.05. The highest BCUT2D eigenvalue weighted by Crippen LogP contribution is 2.32. The Hall–Kier alpha value is -1.21. The van der Waals surface area contributed by atoms with Crippen molar-refractivity contribution in [1.29, 1.82) is 0 Å². The van der Waals surface area contributed by atoms with Crippen LogP contribution in [-0.4, -0.2) is 17.0 Å². The van der Waals surface area contributed by atoms with Gasteiger partial charge in [0.2, 0.25) is 0 Å². The first-order valence-electron chi connectivity index (χ1n) is 4.74. The Balaban J connectivity index is 2.32. The lowest BCUT2D eigenvalue weighted by molar-refractivity contribution is 0.551. The standard InChI is InChI=1S/C10H9F2N3S2/c1-5-4-16-10(14-5)17-9-7(12)3-6(11)8(13-2)15-9/h3-4H,1-2H3,(H,13,15). The maximum atomic E-state index is 13.5. The summed E-state index contributed by atoms with van der Waals surface area (Å²) in [6.45, 7) is 1.86. The summed E-state index contributed by atoms with van der Waals surface area (Å²) in [5.74, 6) is -1.36. The van der Waals surface area contributed by atoms with Crippen LogP contribution in [-0.2, 0) is 0 Å². The van der Waals surface area contributed by atoms with Crippen molar-refractivity contribution in [3.8, 4) is 0 Å². The number of thiazole rings is 1. The third-order valence-electron chi connectivity index (χ3n) is 1.92. The fourth-order valence-corrected chi connectivity index (χ4v) is 2.90. The van der Waals surface area contributed by atoms with Crippen molar-refractivity contribution < 1.29 is 8.78 Å². The predicted octanol–water partition coefficient (Wildman–Crippen LogP) is 3.32. The average Bonchev–Trinajstić information content (AvgIpc) is 2.68. The molecule has 7 heteroatoms. The molecule has 17 heavy (non-hydrogen) atoms. The quantitative estimate of drug-likeness (QED) is 0.931. The van der Waals surface area contributed by atoms with Gasteiger partial charge in [-0.3, -0.25) is 0 Å². The molecule has 0 fully saturated rings. The van der Waals surface area contributed by atoms with E-state index in [2.05, 4.69) is 15.3 Å². The number of aryl methyl sites for hydroxylation is 1. The van der Waals surface area contributed by atoms with Gasteiger partial charge in [-0.1, -0.05) is 0 Å². The molecule has 0 saturated carbocycles. The van der Waals surface area contributed by atoms with Gasteiger partial charge < -0.3 is 5.32 Å². The third kappa shape index (κ3) is 2.73. The minimum Gasteiger partial charge on any atom is -0.371 e. The zero-order valence-electron chi connectivity index (χ0n) is 9.12. The largest absolute Gasteiger partial charge is 0.371 e. The topological polar surface area (TPSA) is 37.8 Å². The van der Waals surface area contributed by atoms with Crippen LogP contribution in [0.4, 0.5) is 14.6 Å². The molecule has 0 radical (unpaired) electrons. The van der Waals surface area contributed by atoms with Crippen LogP contribution >= 0.6 is 23.1 Å². The van der Waals surface area contributed by atoms with Crippen molar-refractivity contribution in [2.24, 2.45) is 0 Å². The maximum absolute atomic E-state index is 13.5. The summed E-state index contributed by atoms with van der Waals surface area (Å²) >= 11 is 2.49. The van der Waals surface area contributed by atoms with Crippen LogP contribution in [0.3, 0.4) is 0 Å². The number of pyridine rings is 1. The minimum absolute atomic E-state index is 0.0298. The van der Waals surface area contributed by atoms with Gasteiger partial charge in [0.1, 0.15) is 5.03 Å². The van der Waals surface area contributed by atoms with Gasteiger partial charge in [-0.25, -0.2) is 18.7 Å². The Morgan fingerprint density at radius 3 is 2.65 bits per heavy atom. The smallest absolute Gasteiger partial charge is 0.168 e. The summed E-state index contributed by atoms with van der Waals surface area (Å²) < 4.78 is 27.4. The zero-order valence-corrected chi connectivity index (χ0v) is 10.8. The van der Waals surface area contributed by atoms with Crippen LogP contribution < -0.4 is 5.32 Å². The first kappa shape index (κ1) is 12.3. The summed E-state index contributed by atoms with van der Waals surface area (Å²) in [6, 6.07) is 0.821. The normalized spacial score (nSPS) is 10.6. The molecule has 2 aromatic heterocycles. The van der Waals surface area contributed by atoms with E-state index >= 15 is 0 Å². The van der Waals surface area contributed by atoms with Crippen molar-refractivity contribution in [2.75, 3.05) is 12.4 Å². The molecule has 1 N–H and O–H groups in total. The molecule has 0 bridgehead atoms. The van der Waals surface area contributed by atoms with Crippen LogP contribution in [0.25, 0.3) is 0 Å². The number of hydrogen-bond donors (Lipinski definition) is 1. The zero-order chi connectivity index (χ0) is 12.4. The molecule has 0 aromatic carbocycles. The van der Waals surface area contributed by atoms with E-state index in [4.69, 9.17) is 0 Å². The highest BCUT2D eigenvalue weighted by molar-refractivity contribution is 8.01. The van der Waals surface area contributed by atoms with Gasteiger partial charge in [0.05, 0.1) is 0 Å². The van der Waals surface area contributed by atoms with E-state index in [1.54, 1.807) is 0 Å². The van der Waals surface area contributed by atoms with Crippen molar-refractivity contribution in [1.82, 2.24) is 9.97 Å². The fraction of sp³-hybridized carbons (Fsp3) is 0.200. The molecule has 0 aliphatic rings. The highest BCUT2D eigenvalue weighted by Gasteiger charge is 2.13. The van der Waals surface area contributed by atoms with Crippen LogP contribution in [0.1, 0.15) is 5.69 Å². The number of rotatable bonds is 3. The van der Waals surface area contributed by atoms with Crippen molar-refractivity contribution >= 4 is 28.9 Å². The Bertz CT molecular complexity index is 542. The number of halogens is 2. The van der Waals surface area contributed by atoms with Crippen LogP contribution in [0.2, 0.25) is 0 Å². The van der Waals surface area contributed by atoms with Gasteiger partial charge in [0.15, 0.2) is 21.8 Å². The average molecular weight is 273 g/mol. The summed E-state index contributed by atoms with van der Waals surface area (Å²) in [7, 11) is 1.53. The van der Waals surface area contributed by atoms with Gasteiger partial charge >= 0.3 is 0 Å². The van der Waals surface area contributed by atoms with Gasteiger partial charge in [-0.05, 0) is 18.7 Å². The first-order valence-corrected chi connectivity index (χ1v) is 6.43. The minimum atomic E-state index is -0.704. The van der Waals surface area contributed by atoms with Gasteiger partial charge in [-0.2, -0.15) is 0 Å². The second-order valence-corrected chi connectivity index (χ2v) is 5.31. The summed E-state index contributed by atoms with van der Waals surface area (Å²) in [5, 5.41) is 4.55. The monoisotopic (exact) mass is 273 g/mol. The molecule has 0 unspecified atom stereocenters. The molecular weight excluding hydrogens is 264 g/mol. The fourth-order valence-electron chi connectivity index (χ4n) is 1.16. The molecule has 3 nitrogen and oxygen atoms in total. The number of anilines is 1. The van der Waals surface area contributed by atoms with Crippen LogP contribution in [0.5, 0.6) is 0 Å². The number of aromatic nitrogens is 2. The molecule has 0 saturated heterocycles. The maximum Gasteiger partial charge on any atom is 0.168 e. The van der Waals surface area contributed by atoms with Gasteiger partial charge in [0, 0.05) is 24.2 Å². The molecule has 90 valence electrons. The van der Waals surface area contributed by atoms with E-state index in [1.807, 2.05) is 12.3 Å². The summed E-state index contributed by atoms with van der Waals surface area (Å²) in [5.41, 5.74) is 0.869. The molecule has 2 rings (SSSR count). The van der Waals surface area contributed by atoms with Gasteiger partial charge in [-0.15, -0.1) is 11.3 Å². The molecular formula is C10H9F2N3S2. The van der Waals surface area contributed by atoms with Crippen LogP contribution in [0.15, 0.2) is 20.8 Å². The Kier molecular flexibility index (Phi) is 3.58. The first-order chi connectivity index (χ1) is 8.10. The van der Waals surface area contributed by atoms with Crippen LogP contribution in [0, 0.1) is 18.6 Å². The van der Waals surface area contributed by atoms with Gasteiger partial charge in [0.25, 0.3) is 0 Å². The highest BCUT2D eigenvalue weighted by atomic mass is 32.2. The molecule has 0 spiro atoms. The van der Waals surface area contributed by atoms with Crippen molar-refractivity contribution in [2.45, 2.75) is 16.3 Å². The molecule has 0 aliphatic heterocycles. The lowest BCUT2D eigenvalue weighted by atomic mass is 10.4. The summed E-state index contributed by atoms with van der Waals surface area (Å²) in [6.07, 6.45) is 0. The number of hydrogen-bond acceptors (Lipinski definition) is 5. The second-order valence-electron chi connectivity index (χ2n) is 3.21. The van der Waals surface area contributed by atoms with E-state index in [1.165, 1.54) is 18.4 Å². The third-order valence-corrected chi connectivity index (χ3v) is 3.95. The number of nitrogens with one attached hydrogen (secondary N) is 1. The van der Waals surface area contributed by atoms with E-state index in [0.717, 1.165) is 23.5 Å².